The third-order valence-corrected chi connectivity index (χ3v) is 7.23. The lowest BCUT2D eigenvalue weighted by Gasteiger charge is -2.39. The van der Waals surface area contributed by atoms with Gasteiger partial charge in [0.2, 0.25) is 0 Å². The van der Waals surface area contributed by atoms with Crippen LogP contribution < -0.4 is 10.1 Å². The second-order valence-corrected chi connectivity index (χ2v) is 9.71. The Morgan fingerprint density at radius 2 is 1.83 bits per heavy atom. The van der Waals surface area contributed by atoms with Gasteiger partial charge in [0.25, 0.3) is 5.91 Å². The molecule has 2 aliphatic rings. The molecule has 1 spiro atoms. The molecule has 1 amide bonds. The predicted molar refractivity (Wildman–Crippen MR) is 134 cm³/mol. The number of aryl methyl sites for hydroxylation is 1. The summed E-state index contributed by atoms with van der Waals surface area (Å²) in [6, 6.07) is 20.4. The van der Waals surface area contributed by atoms with Crippen molar-refractivity contribution in [2.75, 3.05) is 19.6 Å². The molecule has 184 valence electrons. The van der Waals surface area contributed by atoms with Gasteiger partial charge < -0.3 is 14.8 Å². The van der Waals surface area contributed by atoms with Crippen molar-refractivity contribution in [1.29, 1.82) is 0 Å². The number of hydrogen-bond acceptors (Lipinski definition) is 5. The first-order valence-corrected chi connectivity index (χ1v) is 12.5. The number of amides is 1. The number of ether oxygens (including phenoxy) is 2. The number of nitrogens with one attached hydrogen (secondary N) is 1. The molecular formula is C28H34N4O3. The van der Waals surface area contributed by atoms with Crippen molar-refractivity contribution >= 4 is 5.91 Å². The smallest absolute Gasteiger partial charge is 0.269 e. The number of rotatable bonds is 8. The van der Waals surface area contributed by atoms with E-state index in [0.717, 1.165) is 51.1 Å². The summed E-state index contributed by atoms with van der Waals surface area (Å²) in [5.74, 6) is 0.803. The Morgan fingerprint density at radius 1 is 1.06 bits per heavy atom. The molecule has 3 heterocycles. The summed E-state index contributed by atoms with van der Waals surface area (Å²) >= 11 is 0. The Bertz CT molecular complexity index is 1100. The van der Waals surface area contributed by atoms with Gasteiger partial charge in [0, 0.05) is 39.4 Å². The Labute approximate surface area is 207 Å². The van der Waals surface area contributed by atoms with E-state index in [1.54, 1.807) is 24.0 Å². The van der Waals surface area contributed by atoms with Crippen LogP contribution in [0.25, 0.3) is 0 Å². The lowest BCUT2D eigenvalue weighted by molar-refractivity contribution is -0.0764. The first-order valence-electron chi connectivity index (χ1n) is 12.5. The zero-order valence-electron chi connectivity index (χ0n) is 20.4. The monoisotopic (exact) mass is 474 g/mol. The number of benzene rings is 2. The molecule has 2 aliphatic heterocycles. The van der Waals surface area contributed by atoms with Crippen LogP contribution in [0, 0.1) is 0 Å². The maximum atomic E-state index is 12.3. The van der Waals surface area contributed by atoms with Crippen LogP contribution >= 0.6 is 0 Å². The van der Waals surface area contributed by atoms with Gasteiger partial charge in [-0.15, -0.1) is 0 Å². The van der Waals surface area contributed by atoms with E-state index in [-0.39, 0.29) is 17.6 Å². The molecular weight excluding hydrogens is 440 g/mol. The fourth-order valence-electron chi connectivity index (χ4n) is 5.11. The number of nitrogens with zero attached hydrogens (tertiary/aromatic N) is 3. The number of carbonyl (C=O) groups is 1. The molecule has 2 fully saturated rings. The van der Waals surface area contributed by atoms with Gasteiger partial charge in [0.1, 0.15) is 18.1 Å². The van der Waals surface area contributed by atoms with E-state index in [1.165, 1.54) is 11.1 Å². The van der Waals surface area contributed by atoms with E-state index in [9.17, 15) is 4.79 Å². The van der Waals surface area contributed by atoms with Gasteiger partial charge in [-0.2, -0.15) is 5.10 Å². The van der Waals surface area contributed by atoms with E-state index >= 15 is 0 Å². The quantitative estimate of drug-likeness (QED) is 0.536. The third kappa shape index (κ3) is 5.92. The average molecular weight is 475 g/mol. The number of carbonyl (C=O) groups excluding carboxylic acids is 1. The first-order chi connectivity index (χ1) is 17.1. The second-order valence-electron chi connectivity index (χ2n) is 9.71. The van der Waals surface area contributed by atoms with Gasteiger partial charge in [-0.05, 0) is 55.0 Å². The SMILES string of the molecule is Cn1nccc1C(=O)NCC1CCC2(CCN(Cc3ccc(OCc4ccccc4)cc3)CC2)O1. The van der Waals surface area contributed by atoms with Crippen LogP contribution in [-0.4, -0.2) is 51.9 Å². The highest BCUT2D eigenvalue weighted by Crippen LogP contribution is 2.39. The van der Waals surface area contributed by atoms with E-state index in [0.29, 0.717) is 18.8 Å². The first kappa shape index (κ1) is 23.6. The standard InChI is InChI=1S/C28H34N4O3/c1-31-26(12-16-30-31)27(33)29-19-25-11-13-28(35-25)14-17-32(18-15-28)20-22-7-9-24(10-8-22)34-21-23-5-3-2-4-6-23/h2-10,12,16,25H,11,13-15,17-21H2,1H3,(H,29,33). The van der Waals surface area contributed by atoms with Crippen molar-refractivity contribution in [1.82, 2.24) is 20.0 Å². The van der Waals surface area contributed by atoms with Crippen molar-refractivity contribution in [2.24, 2.45) is 7.05 Å². The maximum Gasteiger partial charge on any atom is 0.269 e. The summed E-state index contributed by atoms with van der Waals surface area (Å²) in [7, 11) is 1.78. The summed E-state index contributed by atoms with van der Waals surface area (Å²) in [4.78, 5) is 14.9. The van der Waals surface area contributed by atoms with Crippen LogP contribution in [-0.2, 0) is 24.9 Å². The lowest BCUT2D eigenvalue weighted by atomic mass is 9.88. The Morgan fingerprint density at radius 3 is 2.54 bits per heavy atom. The van der Waals surface area contributed by atoms with Crippen LogP contribution in [0.3, 0.4) is 0 Å². The van der Waals surface area contributed by atoms with Gasteiger partial charge in [-0.25, -0.2) is 0 Å². The number of aromatic nitrogens is 2. The van der Waals surface area contributed by atoms with Crippen molar-refractivity contribution in [2.45, 2.75) is 50.5 Å². The molecule has 3 aromatic rings. The minimum atomic E-state index is -0.0964. The van der Waals surface area contributed by atoms with Gasteiger partial charge >= 0.3 is 0 Å². The molecule has 1 unspecified atom stereocenters. The molecule has 1 aromatic heterocycles. The predicted octanol–water partition coefficient (Wildman–Crippen LogP) is 3.94. The largest absolute Gasteiger partial charge is 0.489 e. The van der Waals surface area contributed by atoms with Gasteiger partial charge in [-0.1, -0.05) is 42.5 Å². The Balaban J connectivity index is 1.04. The summed E-state index contributed by atoms with van der Waals surface area (Å²) in [5.41, 5.74) is 3.01. The minimum Gasteiger partial charge on any atom is -0.489 e. The fourth-order valence-corrected chi connectivity index (χ4v) is 5.11. The molecule has 0 bridgehead atoms. The van der Waals surface area contributed by atoms with Gasteiger partial charge in [0.05, 0.1) is 11.7 Å². The highest BCUT2D eigenvalue weighted by atomic mass is 16.5. The van der Waals surface area contributed by atoms with Crippen LogP contribution in [0.2, 0.25) is 0 Å². The third-order valence-electron chi connectivity index (χ3n) is 7.23. The van der Waals surface area contributed by atoms with E-state index in [4.69, 9.17) is 9.47 Å². The zero-order chi connectivity index (χ0) is 24.1. The molecule has 0 aliphatic carbocycles. The molecule has 35 heavy (non-hydrogen) atoms. The van der Waals surface area contributed by atoms with Crippen molar-refractivity contribution in [3.63, 3.8) is 0 Å². The van der Waals surface area contributed by atoms with Crippen LogP contribution in [0.4, 0.5) is 0 Å². The van der Waals surface area contributed by atoms with Crippen molar-refractivity contribution in [3.8, 4) is 5.75 Å². The fraction of sp³-hybridized carbons (Fsp3) is 0.429. The van der Waals surface area contributed by atoms with Gasteiger partial charge in [0.15, 0.2) is 0 Å². The zero-order valence-corrected chi connectivity index (χ0v) is 20.4. The molecule has 1 atom stereocenters. The second kappa shape index (κ2) is 10.6. The minimum absolute atomic E-state index is 0.0342. The number of piperidine rings is 1. The topological polar surface area (TPSA) is 68.6 Å². The highest BCUT2D eigenvalue weighted by molar-refractivity contribution is 5.92. The van der Waals surface area contributed by atoms with E-state index < -0.39 is 0 Å². The van der Waals surface area contributed by atoms with E-state index in [2.05, 4.69) is 51.7 Å². The number of hydrogen-bond donors (Lipinski definition) is 1. The molecule has 0 saturated carbocycles. The van der Waals surface area contributed by atoms with Crippen molar-refractivity contribution < 1.29 is 14.3 Å². The van der Waals surface area contributed by atoms with Gasteiger partial charge in [-0.3, -0.25) is 14.4 Å². The van der Waals surface area contributed by atoms with Crippen LogP contribution in [0.1, 0.15) is 47.3 Å². The Hall–Kier alpha value is -3.16. The lowest BCUT2D eigenvalue weighted by Crippen LogP contribution is -2.44. The Kier molecular flexibility index (Phi) is 7.16. The summed E-state index contributed by atoms with van der Waals surface area (Å²) in [6.45, 7) is 4.14. The molecule has 7 nitrogen and oxygen atoms in total. The van der Waals surface area contributed by atoms with Crippen LogP contribution in [0.15, 0.2) is 66.9 Å². The molecule has 0 radical (unpaired) electrons. The summed E-state index contributed by atoms with van der Waals surface area (Å²) in [5, 5.41) is 7.07. The molecule has 7 heteroatoms. The molecule has 1 N–H and O–H groups in total. The highest BCUT2D eigenvalue weighted by Gasteiger charge is 2.42. The summed E-state index contributed by atoms with van der Waals surface area (Å²) < 4.78 is 14.0. The van der Waals surface area contributed by atoms with E-state index in [1.807, 2.05) is 18.2 Å². The van der Waals surface area contributed by atoms with Crippen molar-refractivity contribution in [3.05, 3.63) is 83.7 Å². The van der Waals surface area contributed by atoms with Crippen LogP contribution in [0.5, 0.6) is 5.75 Å². The average Bonchev–Trinajstić information content (AvgIpc) is 3.50. The summed E-state index contributed by atoms with van der Waals surface area (Å²) in [6.07, 6.45) is 5.87. The molecule has 5 rings (SSSR count). The number of likely N-dealkylation sites (tertiary alicyclic amines) is 1. The normalized spacial score (nSPS) is 19.6. The molecule has 2 saturated heterocycles. The maximum absolute atomic E-state index is 12.3. The molecule has 2 aromatic carbocycles.